The molecule has 0 bridgehead atoms. The van der Waals surface area contributed by atoms with Crippen LogP contribution in [0.15, 0.2) is 65.8 Å². The van der Waals surface area contributed by atoms with Crippen LogP contribution in [0.4, 0.5) is 5.69 Å². The molecular weight excluding hydrogens is 377 g/mol. The number of aliphatic imine (C=N–C) groups is 1. The van der Waals surface area contributed by atoms with Crippen LogP contribution < -0.4 is 0 Å². The van der Waals surface area contributed by atoms with Crippen molar-refractivity contribution in [3.05, 3.63) is 87.8 Å². The van der Waals surface area contributed by atoms with Gasteiger partial charge in [0.2, 0.25) is 0 Å². The van der Waals surface area contributed by atoms with Crippen LogP contribution in [0.3, 0.4) is 0 Å². The maximum absolute atomic E-state index is 6.19. The Morgan fingerprint density at radius 1 is 0.963 bits per heavy atom. The number of fused-ring (bicyclic) bond motifs is 1. The van der Waals surface area contributed by atoms with Crippen LogP contribution in [0.2, 0.25) is 10.0 Å². The smallest absolute Gasteiger partial charge is 0.0703 e. The number of rotatable bonds is 3. The third-order valence-electron chi connectivity index (χ3n) is 4.57. The highest BCUT2D eigenvalue weighted by Gasteiger charge is 2.10. The summed E-state index contributed by atoms with van der Waals surface area (Å²) in [5.41, 5.74) is 6.11. The van der Waals surface area contributed by atoms with E-state index in [9.17, 15) is 0 Å². The second-order valence-corrected chi connectivity index (χ2v) is 7.21. The minimum Gasteiger partial charge on any atom is -0.318 e. The van der Waals surface area contributed by atoms with Crippen molar-refractivity contribution < 1.29 is 0 Å². The highest BCUT2D eigenvalue weighted by atomic mass is 35.5. The summed E-state index contributed by atoms with van der Waals surface area (Å²) >= 11 is 12.2. The molecule has 3 nitrogen and oxygen atoms in total. The maximum atomic E-state index is 6.19. The SMILES string of the molecule is Cc1cc(C=Nc2ccc3ncccc3c2)c(C)n1-c1ccc(Cl)c(Cl)c1. The average Bonchev–Trinajstić information content (AvgIpc) is 2.95. The molecule has 0 spiro atoms. The molecule has 2 aromatic heterocycles. The quantitative estimate of drug-likeness (QED) is 0.356. The van der Waals surface area contributed by atoms with E-state index in [2.05, 4.69) is 34.5 Å². The Kier molecular flexibility index (Phi) is 4.73. The van der Waals surface area contributed by atoms with Gasteiger partial charge in [0, 0.05) is 40.4 Å². The van der Waals surface area contributed by atoms with Crippen molar-refractivity contribution in [2.24, 2.45) is 4.99 Å². The summed E-state index contributed by atoms with van der Waals surface area (Å²) in [6.45, 7) is 4.13. The Balaban J connectivity index is 1.70. The zero-order chi connectivity index (χ0) is 19.0. The Morgan fingerprint density at radius 2 is 1.81 bits per heavy atom. The fraction of sp³-hybridized carbons (Fsp3) is 0.0909. The summed E-state index contributed by atoms with van der Waals surface area (Å²) in [6.07, 6.45) is 3.69. The summed E-state index contributed by atoms with van der Waals surface area (Å²) < 4.78 is 2.15. The molecule has 0 aliphatic rings. The van der Waals surface area contributed by atoms with E-state index in [4.69, 9.17) is 23.2 Å². The van der Waals surface area contributed by atoms with Crippen molar-refractivity contribution in [1.29, 1.82) is 0 Å². The fourth-order valence-electron chi connectivity index (χ4n) is 3.23. The van der Waals surface area contributed by atoms with Gasteiger partial charge in [0.25, 0.3) is 0 Å². The van der Waals surface area contributed by atoms with E-state index in [0.29, 0.717) is 10.0 Å². The number of pyridine rings is 1. The molecule has 4 rings (SSSR count). The van der Waals surface area contributed by atoms with Crippen LogP contribution in [0, 0.1) is 13.8 Å². The second-order valence-electron chi connectivity index (χ2n) is 6.40. The van der Waals surface area contributed by atoms with Crippen molar-refractivity contribution in [2.75, 3.05) is 0 Å². The van der Waals surface area contributed by atoms with Crippen LogP contribution in [0.5, 0.6) is 0 Å². The van der Waals surface area contributed by atoms with E-state index in [-0.39, 0.29) is 0 Å². The fourth-order valence-corrected chi connectivity index (χ4v) is 3.52. The minimum atomic E-state index is 0.543. The number of nitrogens with zero attached hydrogens (tertiary/aromatic N) is 3. The van der Waals surface area contributed by atoms with Crippen molar-refractivity contribution in [3.8, 4) is 5.69 Å². The molecule has 0 unspecified atom stereocenters. The molecule has 0 amide bonds. The Bertz CT molecular complexity index is 1180. The van der Waals surface area contributed by atoms with Crippen LogP contribution in [-0.4, -0.2) is 15.8 Å². The largest absolute Gasteiger partial charge is 0.318 e. The van der Waals surface area contributed by atoms with Gasteiger partial charge in [-0.3, -0.25) is 9.98 Å². The zero-order valence-corrected chi connectivity index (χ0v) is 16.5. The highest BCUT2D eigenvalue weighted by molar-refractivity contribution is 6.42. The van der Waals surface area contributed by atoms with Crippen molar-refractivity contribution >= 4 is 46.0 Å². The third-order valence-corrected chi connectivity index (χ3v) is 5.31. The molecular formula is C22H17Cl2N3. The number of halogens is 2. The summed E-state index contributed by atoms with van der Waals surface area (Å²) in [4.78, 5) is 9.00. The second kappa shape index (κ2) is 7.18. The molecule has 0 aliphatic carbocycles. The van der Waals surface area contributed by atoms with Gasteiger partial charge in [0.1, 0.15) is 0 Å². The monoisotopic (exact) mass is 393 g/mol. The molecule has 0 radical (unpaired) electrons. The standard InChI is InChI=1S/C22H17Cl2N3/c1-14-10-17(15(2)27(14)19-6-7-20(23)21(24)12-19)13-26-18-5-8-22-16(11-18)4-3-9-25-22/h3-13H,1-2H3. The first-order valence-electron chi connectivity index (χ1n) is 8.56. The molecule has 0 saturated carbocycles. The third kappa shape index (κ3) is 3.48. The average molecular weight is 394 g/mol. The van der Waals surface area contributed by atoms with Crippen LogP contribution >= 0.6 is 23.2 Å². The van der Waals surface area contributed by atoms with Crippen molar-refractivity contribution in [1.82, 2.24) is 9.55 Å². The lowest BCUT2D eigenvalue weighted by molar-refractivity contribution is 0.965. The maximum Gasteiger partial charge on any atom is 0.0703 e. The predicted octanol–water partition coefficient (Wildman–Crippen LogP) is 6.70. The van der Waals surface area contributed by atoms with E-state index in [1.54, 1.807) is 6.20 Å². The van der Waals surface area contributed by atoms with Gasteiger partial charge >= 0.3 is 0 Å². The molecule has 2 heterocycles. The molecule has 5 heteroatoms. The molecule has 134 valence electrons. The van der Waals surface area contributed by atoms with Gasteiger partial charge in [0.15, 0.2) is 0 Å². The van der Waals surface area contributed by atoms with Gasteiger partial charge in [-0.05, 0) is 62.4 Å². The number of aryl methyl sites for hydroxylation is 1. The summed E-state index contributed by atoms with van der Waals surface area (Å²) in [6, 6.07) is 17.7. The number of benzene rings is 2. The predicted molar refractivity (Wildman–Crippen MR) is 114 cm³/mol. The minimum absolute atomic E-state index is 0.543. The summed E-state index contributed by atoms with van der Waals surface area (Å²) in [5, 5.41) is 2.17. The topological polar surface area (TPSA) is 30.2 Å². The molecule has 0 atom stereocenters. The van der Waals surface area contributed by atoms with Gasteiger partial charge in [-0.1, -0.05) is 29.3 Å². The molecule has 0 N–H and O–H groups in total. The number of hydrogen-bond donors (Lipinski definition) is 0. The first kappa shape index (κ1) is 17.8. The first-order valence-corrected chi connectivity index (χ1v) is 9.32. The molecule has 0 fully saturated rings. The number of hydrogen-bond acceptors (Lipinski definition) is 2. The molecule has 2 aromatic carbocycles. The molecule has 4 aromatic rings. The molecule has 0 saturated heterocycles. The lowest BCUT2D eigenvalue weighted by Gasteiger charge is -2.10. The van der Waals surface area contributed by atoms with Gasteiger partial charge < -0.3 is 4.57 Å². The number of aromatic nitrogens is 2. The molecule has 0 aliphatic heterocycles. The van der Waals surface area contributed by atoms with Gasteiger partial charge in [-0.25, -0.2) is 0 Å². The van der Waals surface area contributed by atoms with Gasteiger partial charge in [0.05, 0.1) is 21.2 Å². The van der Waals surface area contributed by atoms with E-state index in [1.807, 2.05) is 54.7 Å². The van der Waals surface area contributed by atoms with E-state index in [0.717, 1.165) is 39.2 Å². The van der Waals surface area contributed by atoms with E-state index < -0.39 is 0 Å². The first-order chi connectivity index (χ1) is 13.0. The summed E-state index contributed by atoms with van der Waals surface area (Å²) in [7, 11) is 0. The Labute approximate surface area is 167 Å². The van der Waals surface area contributed by atoms with E-state index >= 15 is 0 Å². The van der Waals surface area contributed by atoms with Crippen LogP contribution in [0.1, 0.15) is 17.0 Å². The van der Waals surface area contributed by atoms with Crippen molar-refractivity contribution in [3.63, 3.8) is 0 Å². The zero-order valence-electron chi connectivity index (χ0n) is 14.9. The van der Waals surface area contributed by atoms with Crippen LogP contribution in [-0.2, 0) is 0 Å². The molecule has 27 heavy (non-hydrogen) atoms. The lowest BCUT2D eigenvalue weighted by Crippen LogP contribution is -1.99. The highest BCUT2D eigenvalue weighted by Crippen LogP contribution is 2.27. The lowest BCUT2D eigenvalue weighted by atomic mass is 10.2. The van der Waals surface area contributed by atoms with Crippen LogP contribution in [0.25, 0.3) is 16.6 Å². The normalized spacial score (nSPS) is 11.6. The Hall–Kier alpha value is -2.62. The van der Waals surface area contributed by atoms with E-state index in [1.165, 1.54) is 0 Å². The summed E-state index contributed by atoms with van der Waals surface area (Å²) in [5.74, 6) is 0. The van der Waals surface area contributed by atoms with Gasteiger partial charge in [-0.2, -0.15) is 0 Å². The van der Waals surface area contributed by atoms with Crippen molar-refractivity contribution in [2.45, 2.75) is 13.8 Å². The van der Waals surface area contributed by atoms with Gasteiger partial charge in [-0.15, -0.1) is 0 Å². The Morgan fingerprint density at radius 3 is 2.63 bits per heavy atom.